The SMILES string of the molecule is CCC[C@H]1Cc2c(c3ccccc3n2S(=O)(=O)c2ccc(C)cc2)-c2ccccc2OC1=O. The predicted molar refractivity (Wildman–Crippen MR) is 129 cm³/mol. The molecule has 5 nitrogen and oxygen atoms in total. The van der Waals surface area contributed by atoms with Crippen molar-refractivity contribution in [2.24, 2.45) is 5.92 Å². The van der Waals surface area contributed by atoms with Crippen molar-refractivity contribution in [3.8, 4) is 16.9 Å². The van der Waals surface area contributed by atoms with E-state index < -0.39 is 15.9 Å². The molecule has 0 radical (unpaired) electrons. The van der Waals surface area contributed by atoms with Crippen molar-refractivity contribution in [3.63, 3.8) is 0 Å². The van der Waals surface area contributed by atoms with Crippen molar-refractivity contribution in [1.82, 2.24) is 3.97 Å². The van der Waals surface area contributed by atoms with E-state index in [9.17, 15) is 13.2 Å². The van der Waals surface area contributed by atoms with Crippen LogP contribution in [0.5, 0.6) is 5.75 Å². The van der Waals surface area contributed by atoms with Gasteiger partial charge in [0.05, 0.1) is 16.3 Å². The third-order valence-corrected chi connectivity index (χ3v) is 8.03. The number of esters is 1. The van der Waals surface area contributed by atoms with Crippen LogP contribution >= 0.6 is 0 Å². The molecule has 168 valence electrons. The molecule has 1 atom stereocenters. The average Bonchev–Trinajstić information content (AvgIpc) is 3.12. The lowest BCUT2D eigenvalue weighted by Crippen LogP contribution is -2.27. The standard InChI is InChI=1S/C27H25NO4S/c1-3-8-19-17-24-26(22-10-5-7-12-25(22)32-27(19)29)21-9-4-6-11-23(21)28(24)33(30,31)20-15-13-18(2)14-16-20/h4-7,9-16,19H,3,8,17H2,1-2H3/t19-/m0/s1. The van der Waals surface area contributed by atoms with Crippen LogP contribution in [0.3, 0.4) is 0 Å². The second-order valence-electron chi connectivity index (χ2n) is 8.53. The molecule has 1 aliphatic heterocycles. The van der Waals surface area contributed by atoms with Gasteiger partial charge in [-0.1, -0.05) is 67.4 Å². The fraction of sp³-hybridized carbons (Fsp3) is 0.222. The molecule has 0 spiro atoms. The summed E-state index contributed by atoms with van der Waals surface area (Å²) < 4.78 is 35.2. The van der Waals surface area contributed by atoms with E-state index in [4.69, 9.17) is 4.74 Å². The summed E-state index contributed by atoms with van der Waals surface area (Å²) in [5.74, 6) is -0.293. The molecule has 0 aliphatic carbocycles. The first-order chi connectivity index (χ1) is 15.9. The van der Waals surface area contributed by atoms with Crippen LogP contribution in [0.4, 0.5) is 0 Å². The minimum absolute atomic E-state index is 0.224. The summed E-state index contributed by atoms with van der Waals surface area (Å²) in [6.45, 7) is 3.94. The first-order valence-corrected chi connectivity index (χ1v) is 12.6. The van der Waals surface area contributed by atoms with Gasteiger partial charge in [-0.05, 0) is 37.6 Å². The zero-order valence-electron chi connectivity index (χ0n) is 18.6. The Balaban J connectivity index is 1.88. The van der Waals surface area contributed by atoms with E-state index in [0.717, 1.165) is 28.5 Å². The largest absolute Gasteiger partial charge is 0.426 e. The number of ether oxygens (including phenoxy) is 1. The van der Waals surface area contributed by atoms with Gasteiger partial charge < -0.3 is 4.74 Å². The van der Waals surface area contributed by atoms with Crippen molar-refractivity contribution >= 4 is 26.9 Å². The highest BCUT2D eigenvalue weighted by Crippen LogP contribution is 2.44. The Labute approximate surface area is 193 Å². The summed E-state index contributed by atoms with van der Waals surface area (Å²) in [6.07, 6.45) is 1.70. The topological polar surface area (TPSA) is 65.4 Å². The number of fused-ring (bicyclic) bond motifs is 5. The number of benzene rings is 3. The molecule has 0 amide bonds. The molecule has 0 bridgehead atoms. The lowest BCUT2D eigenvalue weighted by molar-refractivity contribution is -0.139. The number of nitrogens with zero attached hydrogens (tertiary/aromatic N) is 1. The predicted octanol–water partition coefficient (Wildman–Crippen LogP) is 5.73. The Hall–Kier alpha value is -3.38. The van der Waals surface area contributed by atoms with Gasteiger partial charge >= 0.3 is 5.97 Å². The Morgan fingerprint density at radius 3 is 2.42 bits per heavy atom. The van der Waals surface area contributed by atoms with E-state index >= 15 is 0 Å². The monoisotopic (exact) mass is 459 g/mol. The first-order valence-electron chi connectivity index (χ1n) is 11.2. The minimum Gasteiger partial charge on any atom is -0.426 e. The number of hydrogen-bond donors (Lipinski definition) is 0. The minimum atomic E-state index is -3.90. The Bertz CT molecular complexity index is 1470. The molecule has 0 N–H and O–H groups in total. The van der Waals surface area contributed by atoms with E-state index in [1.807, 2.05) is 56.3 Å². The second-order valence-corrected chi connectivity index (χ2v) is 10.3. The molecular formula is C27H25NO4S. The van der Waals surface area contributed by atoms with Crippen LogP contribution in [0.25, 0.3) is 22.0 Å². The molecule has 1 aromatic heterocycles. The van der Waals surface area contributed by atoms with Gasteiger partial charge in [-0.15, -0.1) is 0 Å². The highest BCUT2D eigenvalue weighted by molar-refractivity contribution is 7.90. The summed E-state index contributed by atoms with van der Waals surface area (Å²) in [5, 5.41) is 0.823. The molecule has 6 heteroatoms. The van der Waals surface area contributed by atoms with E-state index in [1.54, 1.807) is 30.3 Å². The van der Waals surface area contributed by atoms with Crippen LogP contribution in [0, 0.1) is 12.8 Å². The average molecular weight is 460 g/mol. The first kappa shape index (κ1) is 21.5. The molecule has 4 aromatic rings. The third-order valence-electron chi connectivity index (χ3n) is 6.26. The van der Waals surface area contributed by atoms with Crippen LogP contribution in [-0.4, -0.2) is 18.4 Å². The molecule has 3 aromatic carbocycles. The van der Waals surface area contributed by atoms with Gasteiger partial charge in [0.15, 0.2) is 0 Å². The van der Waals surface area contributed by atoms with E-state index in [0.29, 0.717) is 23.4 Å². The molecule has 2 heterocycles. The van der Waals surface area contributed by atoms with Gasteiger partial charge in [-0.25, -0.2) is 12.4 Å². The second kappa shape index (κ2) is 8.19. The molecule has 0 saturated carbocycles. The van der Waals surface area contributed by atoms with Crippen LogP contribution in [0.15, 0.2) is 77.7 Å². The summed E-state index contributed by atoms with van der Waals surface area (Å²) in [7, 11) is -3.90. The highest BCUT2D eigenvalue weighted by Gasteiger charge is 2.34. The summed E-state index contributed by atoms with van der Waals surface area (Å²) >= 11 is 0. The summed E-state index contributed by atoms with van der Waals surface area (Å²) in [6, 6.07) is 21.7. The number of aromatic nitrogens is 1. The van der Waals surface area contributed by atoms with Gasteiger partial charge in [-0.3, -0.25) is 4.79 Å². The number of aryl methyl sites for hydroxylation is 1. The van der Waals surface area contributed by atoms with Gasteiger partial charge in [0, 0.05) is 28.6 Å². The van der Waals surface area contributed by atoms with Gasteiger partial charge in [0.2, 0.25) is 0 Å². The molecule has 5 rings (SSSR count). The number of rotatable bonds is 4. The van der Waals surface area contributed by atoms with Crippen LogP contribution in [0.2, 0.25) is 0 Å². The molecular weight excluding hydrogens is 434 g/mol. The molecule has 0 unspecified atom stereocenters. The Kier molecular flexibility index (Phi) is 5.33. The van der Waals surface area contributed by atoms with Gasteiger partial charge in [-0.2, -0.15) is 0 Å². The van der Waals surface area contributed by atoms with E-state index in [1.165, 1.54) is 3.97 Å². The summed E-state index contributed by atoms with van der Waals surface area (Å²) in [4.78, 5) is 13.3. The number of para-hydroxylation sites is 2. The maximum Gasteiger partial charge on any atom is 0.314 e. The van der Waals surface area contributed by atoms with Crippen molar-refractivity contribution in [2.45, 2.75) is 38.0 Å². The molecule has 0 saturated heterocycles. The number of carbonyl (C=O) groups is 1. The van der Waals surface area contributed by atoms with Crippen molar-refractivity contribution in [1.29, 1.82) is 0 Å². The Morgan fingerprint density at radius 1 is 0.970 bits per heavy atom. The van der Waals surface area contributed by atoms with E-state index in [2.05, 4.69) is 0 Å². The lowest BCUT2D eigenvalue weighted by atomic mass is 9.91. The van der Waals surface area contributed by atoms with Crippen molar-refractivity contribution in [2.75, 3.05) is 0 Å². The zero-order chi connectivity index (χ0) is 23.2. The van der Waals surface area contributed by atoms with Crippen LogP contribution in [-0.2, 0) is 21.2 Å². The fourth-order valence-electron chi connectivity index (χ4n) is 4.68. The number of carbonyl (C=O) groups excluding carboxylic acids is 1. The fourth-order valence-corrected chi connectivity index (χ4v) is 6.24. The maximum absolute atomic E-state index is 14.0. The molecule has 1 aliphatic rings. The summed E-state index contributed by atoms with van der Waals surface area (Å²) in [5.41, 5.74) is 3.75. The molecule has 0 fully saturated rings. The third kappa shape index (κ3) is 3.55. The van der Waals surface area contributed by atoms with Crippen LogP contribution < -0.4 is 4.74 Å². The van der Waals surface area contributed by atoms with Crippen molar-refractivity contribution in [3.05, 3.63) is 84.1 Å². The lowest BCUT2D eigenvalue weighted by Gasteiger charge is -2.22. The van der Waals surface area contributed by atoms with Crippen molar-refractivity contribution < 1.29 is 17.9 Å². The van der Waals surface area contributed by atoms with Crippen LogP contribution in [0.1, 0.15) is 31.0 Å². The van der Waals surface area contributed by atoms with Gasteiger partial charge in [0.25, 0.3) is 10.0 Å². The van der Waals surface area contributed by atoms with E-state index in [-0.39, 0.29) is 17.3 Å². The Morgan fingerprint density at radius 2 is 1.67 bits per heavy atom. The normalized spacial score (nSPS) is 15.9. The quantitative estimate of drug-likeness (QED) is 0.289. The van der Waals surface area contributed by atoms with Gasteiger partial charge in [0.1, 0.15) is 5.75 Å². The number of hydrogen-bond acceptors (Lipinski definition) is 4. The molecule has 33 heavy (non-hydrogen) atoms. The highest BCUT2D eigenvalue weighted by atomic mass is 32.2. The zero-order valence-corrected chi connectivity index (χ0v) is 19.4. The smallest absolute Gasteiger partial charge is 0.314 e. The maximum atomic E-state index is 14.0.